The molecule has 0 spiro atoms. The third-order valence-corrected chi connectivity index (χ3v) is 2.67. The van der Waals surface area contributed by atoms with Crippen molar-refractivity contribution in [1.82, 2.24) is 15.0 Å². The second-order valence-electron chi connectivity index (χ2n) is 4.09. The fourth-order valence-electron chi connectivity index (χ4n) is 1.78. The van der Waals surface area contributed by atoms with Crippen LogP contribution in [0.4, 0.5) is 11.9 Å². The van der Waals surface area contributed by atoms with Gasteiger partial charge in [0.05, 0.1) is 14.2 Å². The normalized spacial score (nSPS) is 10.1. The van der Waals surface area contributed by atoms with E-state index in [2.05, 4.69) is 15.0 Å². The molecule has 1 heterocycles. The summed E-state index contributed by atoms with van der Waals surface area (Å²) in [7, 11) is 2.91. The van der Waals surface area contributed by atoms with Gasteiger partial charge in [-0.15, -0.1) is 0 Å². The molecule has 22 heavy (non-hydrogen) atoms. The fourth-order valence-corrected chi connectivity index (χ4v) is 1.78. The molecule has 0 saturated carbocycles. The number of benzene rings is 1. The van der Waals surface area contributed by atoms with Gasteiger partial charge in [0.1, 0.15) is 5.56 Å². The van der Waals surface area contributed by atoms with Crippen LogP contribution < -0.4 is 20.9 Å². The summed E-state index contributed by atoms with van der Waals surface area (Å²) in [6, 6.07) is 4.87. The molecule has 0 fully saturated rings. The summed E-state index contributed by atoms with van der Waals surface area (Å²) in [4.78, 5) is 23.4. The summed E-state index contributed by atoms with van der Waals surface area (Å²) in [5.74, 6) is 0.152. The minimum atomic E-state index is -0.617. The van der Waals surface area contributed by atoms with Crippen molar-refractivity contribution in [3.05, 3.63) is 29.6 Å². The highest BCUT2D eigenvalue weighted by molar-refractivity contribution is 5.93. The molecule has 0 aliphatic rings. The first-order chi connectivity index (χ1) is 10.5. The minimum Gasteiger partial charge on any atom is -0.493 e. The van der Waals surface area contributed by atoms with Crippen LogP contribution in [0.3, 0.4) is 0 Å². The molecule has 0 saturated heterocycles. The van der Waals surface area contributed by atoms with E-state index in [0.29, 0.717) is 5.75 Å². The van der Waals surface area contributed by atoms with Gasteiger partial charge >= 0.3 is 5.97 Å². The van der Waals surface area contributed by atoms with Crippen molar-refractivity contribution in [3.63, 3.8) is 0 Å². The lowest BCUT2D eigenvalue weighted by Gasteiger charge is -2.11. The second kappa shape index (κ2) is 6.57. The molecular weight excluding hydrogens is 290 g/mol. The molecule has 0 radical (unpaired) electrons. The Kier molecular flexibility index (Phi) is 4.57. The van der Waals surface area contributed by atoms with Gasteiger partial charge in [0.2, 0.25) is 11.9 Å². The Morgan fingerprint density at radius 1 is 1.09 bits per heavy atom. The first kappa shape index (κ1) is 15.3. The molecule has 0 aliphatic carbocycles. The largest absolute Gasteiger partial charge is 0.493 e. The Labute approximate surface area is 126 Å². The van der Waals surface area contributed by atoms with Crippen molar-refractivity contribution >= 4 is 17.9 Å². The Morgan fingerprint density at radius 2 is 1.77 bits per heavy atom. The van der Waals surface area contributed by atoms with Crippen LogP contribution in [0.15, 0.2) is 18.2 Å². The van der Waals surface area contributed by atoms with Crippen LogP contribution in [0, 0.1) is 0 Å². The second-order valence-corrected chi connectivity index (χ2v) is 4.09. The number of ether oxygens (including phenoxy) is 3. The zero-order chi connectivity index (χ0) is 16.1. The minimum absolute atomic E-state index is 0.0440. The maximum absolute atomic E-state index is 12.1. The van der Waals surface area contributed by atoms with Gasteiger partial charge in [0.15, 0.2) is 23.9 Å². The number of hydrogen-bond acceptors (Lipinski definition) is 9. The number of nitrogen functional groups attached to an aromatic ring is 2. The Bertz CT molecular complexity index is 672. The molecule has 1 aromatic heterocycles. The number of anilines is 2. The van der Waals surface area contributed by atoms with E-state index in [1.807, 2.05) is 0 Å². The molecule has 9 nitrogen and oxygen atoms in total. The van der Waals surface area contributed by atoms with E-state index in [1.54, 1.807) is 18.2 Å². The molecule has 116 valence electrons. The molecule has 0 unspecified atom stereocenters. The average molecular weight is 305 g/mol. The van der Waals surface area contributed by atoms with Crippen LogP contribution in [0.5, 0.6) is 11.5 Å². The lowest BCUT2D eigenvalue weighted by atomic mass is 10.2. The number of carbonyl (C=O) groups is 1. The number of nitrogens with zero attached hydrogens (tertiary/aromatic N) is 3. The molecule has 0 bridgehead atoms. The number of esters is 1. The van der Waals surface area contributed by atoms with Crippen LogP contribution in [0.25, 0.3) is 0 Å². The maximum Gasteiger partial charge on any atom is 0.342 e. The van der Waals surface area contributed by atoms with E-state index < -0.39 is 5.97 Å². The van der Waals surface area contributed by atoms with E-state index in [1.165, 1.54) is 14.2 Å². The molecule has 2 aromatic rings. The number of nitrogens with two attached hydrogens (primary N) is 2. The summed E-state index contributed by atoms with van der Waals surface area (Å²) in [6.45, 7) is -0.198. The first-order valence-corrected chi connectivity index (χ1v) is 6.19. The van der Waals surface area contributed by atoms with Crippen molar-refractivity contribution in [2.24, 2.45) is 0 Å². The predicted molar refractivity (Wildman–Crippen MR) is 77.3 cm³/mol. The Balaban J connectivity index is 2.16. The number of para-hydroxylation sites is 1. The van der Waals surface area contributed by atoms with Gasteiger partial charge < -0.3 is 25.7 Å². The highest BCUT2D eigenvalue weighted by Gasteiger charge is 2.18. The number of aromatic nitrogens is 3. The highest BCUT2D eigenvalue weighted by Crippen LogP contribution is 2.31. The van der Waals surface area contributed by atoms with Gasteiger partial charge in [0.25, 0.3) is 0 Å². The lowest BCUT2D eigenvalue weighted by Crippen LogP contribution is -2.12. The van der Waals surface area contributed by atoms with Crippen LogP contribution in [-0.2, 0) is 11.3 Å². The van der Waals surface area contributed by atoms with Crippen LogP contribution >= 0.6 is 0 Å². The van der Waals surface area contributed by atoms with E-state index in [4.69, 9.17) is 25.7 Å². The monoisotopic (exact) mass is 305 g/mol. The van der Waals surface area contributed by atoms with Crippen molar-refractivity contribution < 1.29 is 19.0 Å². The van der Waals surface area contributed by atoms with Crippen LogP contribution in [0.2, 0.25) is 0 Å². The standard InChI is InChI=1S/C13H15N5O4/c1-20-8-5-3-4-7(10(8)21-2)11(19)22-6-9-16-12(14)18-13(15)17-9/h3-5H,6H2,1-2H3,(H4,14,15,16,17,18). The van der Waals surface area contributed by atoms with Crippen LogP contribution in [-0.4, -0.2) is 35.1 Å². The number of carbonyl (C=O) groups excluding carboxylic acids is 1. The average Bonchev–Trinajstić information content (AvgIpc) is 2.50. The fraction of sp³-hybridized carbons (Fsp3) is 0.231. The SMILES string of the molecule is COc1cccc(C(=O)OCc2nc(N)nc(N)n2)c1OC. The van der Waals surface area contributed by atoms with Gasteiger partial charge in [-0.3, -0.25) is 0 Å². The van der Waals surface area contributed by atoms with E-state index in [-0.39, 0.29) is 35.6 Å². The molecular formula is C13H15N5O4. The summed E-state index contributed by atoms with van der Waals surface area (Å²) in [6.07, 6.45) is 0. The van der Waals surface area contributed by atoms with Crippen molar-refractivity contribution in [3.8, 4) is 11.5 Å². The van der Waals surface area contributed by atoms with Gasteiger partial charge in [0, 0.05) is 0 Å². The van der Waals surface area contributed by atoms with E-state index >= 15 is 0 Å². The van der Waals surface area contributed by atoms with Crippen molar-refractivity contribution in [1.29, 1.82) is 0 Å². The summed E-state index contributed by atoms with van der Waals surface area (Å²) in [5.41, 5.74) is 11.1. The lowest BCUT2D eigenvalue weighted by molar-refractivity contribution is 0.0458. The van der Waals surface area contributed by atoms with E-state index in [9.17, 15) is 4.79 Å². The summed E-state index contributed by atoms with van der Waals surface area (Å²) >= 11 is 0. The Morgan fingerprint density at radius 3 is 2.36 bits per heavy atom. The predicted octanol–water partition coefficient (Wildman–Crippen LogP) is 0.410. The molecule has 0 aliphatic heterocycles. The highest BCUT2D eigenvalue weighted by atomic mass is 16.5. The topological polar surface area (TPSA) is 135 Å². The zero-order valence-corrected chi connectivity index (χ0v) is 12.1. The molecule has 9 heteroatoms. The third kappa shape index (κ3) is 3.32. The molecule has 2 rings (SSSR count). The van der Waals surface area contributed by atoms with E-state index in [0.717, 1.165) is 0 Å². The van der Waals surface area contributed by atoms with Gasteiger partial charge in [-0.2, -0.15) is 15.0 Å². The van der Waals surface area contributed by atoms with Gasteiger partial charge in [-0.1, -0.05) is 6.07 Å². The third-order valence-electron chi connectivity index (χ3n) is 2.67. The van der Waals surface area contributed by atoms with Gasteiger partial charge in [-0.25, -0.2) is 4.79 Å². The molecule has 1 aromatic carbocycles. The first-order valence-electron chi connectivity index (χ1n) is 6.19. The summed E-state index contributed by atoms with van der Waals surface area (Å²) < 4.78 is 15.4. The molecule has 4 N–H and O–H groups in total. The Hall–Kier alpha value is -3.10. The van der Waals surface area contributed by atoms with Crippen molar-refractivity contribution in [2.75, 3.05) is 25.7 Å². The molecule has 0 amide bonds. The number of methoxy groups -OCH3 is 2. The summed E-state index contributed by atoms with van der Waals surface area (Å²) in [5, 5.41) is 0. The molecule has 0 atom stereocenters. The zero-order valence-electron chi connectivity index (χ0n) is 12.1. The maximum atomic E-state index is 12.1. The number of rotatable bonds is 5. The number of hydrogen-bond donors (Lipinski definition) is 2. The smallest absolute Gasteiger partial charge is 0.342 e. The van der Waals surface area contributed by atoms with Gasteiger partial charge in [-0.05, 0) is 12.1 Å². The van der Waals surface area contributed by atoms with Crippen molar-refractivity contribution in [2.45, 2.75) is 6.61 Å². The van der Waals surface area contributed by atoms with Crippen LogP contribution in [0.1, 0.15) is 16.2 Å². The quantitative estimate of drug-likeness (QED) is 0.752.